The fourth-order valence-electron chi connectivity index (χ4n) is 2.74. The van der Waals surface area contributed by atoms with Gasteiger partial charge >= 0.3 is 0 Å². The van der Waals surface area contributed by atoms with Crippen molar-refractivity contribution in [2.24, 2.45) is 0 Å². The first-order valence-electron chi connectivity index (χ1n) is 7.49. The SMILES string of the molecule is COc1ccc2[nH]cc(CCNS(=O)(=O)c3c(C)noc3C)c2c1. The van der Waals surface area contributed by atoms with Gasteiger partial charge in [-0.1, -0.05) is 5.16 Å². The molecule has 0 unspecified atom stereocenters. The lowest BCUT2D eigenvalue weighted by Crippen LogP contribution is -2.26. The summed E-state index contributed by atoms with van der Waals surface area (Å²) in [4.78, 5) is 3.29. The lowest BCUT2D eigenvalue weighted by Gasteiger charge is -2.06. The lowest BCUT2D eigenvalue weighted by molar-refractivity contribution is 0.390. The number of fused-ring (bicyclic) bond motifs is 1. The first kappa shape index (κ1) is 16.5. The van der Waals surface area contributed by atoms with Crippen molar-refractivity contribution in [3.63, 3.8) is 0 Å². The van der Waals surface area contributed by atoms with Gasteiger partial charge in [0.1, 0.15) is 16.3 Å². The lowest BCUT2D eigenvalue weighted by atomic mass is 10.1. The van der Waals surface area contributed by atoms with Gasteiger partial charge in [-0.2, -0.15) is 0 Å². The van der Waals surface area contributed by atoms with Crippen LogP contribution in [0, 0.1) is 13.8 Å². The van der Waals surface area contributed by atoms with Crippen LogP contribution < -0.4 is 9.46 Å². The minimum absolute atomic E-state index is 0.114. The highest BCUT2D eigenvalue weighted by molar-refractivity contribution is 7.89. The number of aromatic nitrogens is 2. The fraction of sp³-hybridized carbons (Fsp3) is 0.312. The number of aryl methyl sites for hydroxylation is 2. The molecule has 2 N–H and O–H groups in total. The van der Waals surface area contributed by atoms with Gasteiger partial charge in [0, 0.05) is 23.6 Å². The first-order chi connectivity index (χ1) is 11.4. The number of benzene rings is 1. The Morgan fingerprint density at radius 2 is 2.12 bits per heavy atom. The zero-order valence-electron chi connectivity index (χ0n) is 13.7. The molecule has 24 heavy (non-hydrogen) atoms. The van der Waals surface area contributed by atoms with E-state index in [9.17, 15) is 8.42 Å². The standard InChI is InChI=1S/C16H19N3O4S/c1-10-16(11(2)23-19-10)24(20,21)18-7-6-12-9-17-15-5-4-13(22-3)8-14(12)15/h4-5,8-9,17-18H,6-7H2,1-3H3. The van der Waals surface area contributed by atoms with Gasteiger partial charge in [0.25, 0.3) is 0 Å². The predicted molar refractivity (Wildman–Crippen MR) is 89.7 cm³/mol. The van der Waals surface area contributed by atoms with Crippen LogP contribution in [0.2, 0.25) is 0 Å². The number of hydrogen-bond acceptors (Lipinski definition) is 5. The van der Waals surface area contributed by atoms with Gasteiger partial charge in [0.05, 0.1) is 7.11 Å². The van der Waals surface area contributed by atoms with Gasteiger partial charge in [-0.15, -0.1) is 0 Å². The Kier molecular flexibility index (Phi) is 4.33. The number of hydrogen-bond donors (Lipinski definition) is 2. The zero-order chi connectivity index (χ0) is 17.3. The molecule has 0 aliphatic carbocycles. The maximum atomic E-state index is 12.4. The second kappa shape index (κ2) is 6.29. The van der Waals surface area contributed by atoms with Crippen LogP contribution in [0.25, 0.3) is 10.9 Å². The molecule has 0 saturated heterocycles. The van der Waals surface area contributed by atoms with Crippen molar-refractivity contribution in [3.8, 4) is 5.75 Å². The molecule has 128 valence electrons. The normalized spacial score (nSPS) is 12.0. The quantitative estimate of drug-likeness (QED) is 0.712. The Hall–Kier alpha value is -2.32. The molecule has 0 aliphatic heterocycles. The highest BCUT2D eigenvalue weighted by Crippen LogP contribution is 2.24. The van der Waals surface area contributed by atoms with E-state index in [0.717, 1.165) is 22.2 Å². The van der Waals surface area contributed by atoms with Crippen LogP contribution >= 0.6 is 0 Å². The summed E-state index contributed by atoms with van der Waals surface area (Å²) in [5.74, 6) is 1.05. The smallest absolute Gasteiger partial charge is 0.245 e. The molecule has 0 atom stereocenters. The summed E-state index contributed by atoms with van der Waals surface area (Å²) < 4.78 is 37.5. The number of H-pyrrole nitrogens is 1. The molecule has 2 heterocycles. The minimum Gasteiger partial charge on any atom is -0.497 e. The van der Waals surface area contributed by atoms with Gasteiger partial charge in [-0.05, 0) is 44.0 Å². The van der Waals surface area contributed by atoms with E-state index < -0.39 is 10.0 Å². The summed E-state index contributed by atoms with van der Waals surface area (Å²) in [6.45, 7) is 3.47. The van der Waals surface area contributed by atoms with Crippen LogP contribution in [0.1, 0.15) is 17.0 Å². The average molecular weight is 349 g/mol. The maximum absolute atomic E-state index is 12.4. The molecule has 3 rings (SSSR count). The van der Waals surface area contributed by atoms with Crippen molar-refractivity contribution >= 4 is 20.9 Å². The van der Waals surface area contributed by atoms with Crippen LogP contribution in [0.4, 0.5) is 0 Å². The molecule has 1 aromatic carbocycles. The average Bonchev–Trinajstić information content (AvgIpc) is 3.10. The summed E-state index contributed by atoms with van der Waals surface area (Å²) >= 11 is 0. The summed E-state index contributed by atoms with van der Waals surface area (Å²) in [6.07, 6.45) is 2.43. The topological polar surface area (TPSA) is 97.2 Å². The minimum atomic E-state index is -3.64. The van der Waals surface area contributed by atoms with Gasteiger partial charge in [-0.3, -0.25) is 0 Å². The van der Waals surface area contributed by atoms with Crippen LogP contribution in [0.5, 0.6) is 5.75 Å². The second-order valence-corrected chi connectivity index (χ2v) is 7.23. The van der Waals surface area contributed by atoms with Crippen molar-refractivity contribution in [1.29, 1.82) is 0 Å². The third-order valence-electron chi connectivity index (χ3n) is 3.90. The number of sulfonamides is 1. The van der Waals surface area contributed by atoms with Crippen molar-refractivity contribution < 1.29 is 17.7 Å². The Labute approximate surface area is 140 Å². The van der Waals surface area contributed by atoms with Crippen LogP contribution in [0.3, 0.4) is 0 Å². The van der Waals surface area contributed by atoms with E-state index in [1.807, 2.05) is 24.4 Å². The van der Waals surface area contributed by atoms with Gasteiger partial charge in [0.15, 0.2) is 5.76 Å². The number of nitrogens with zero attached hydrogens (tertiary/aromatic N) is 1. The van der Waals surface area contributed by atoms with Crippen LogP contribution in [-0.2, 0) is 16.4 Å². The van der Waals surface area contributed by atoms with Crippen molar-refractivity contribution in [2.75, 3.05) is 13.7 Å². The van der Waals surface area contributed by atoms with E-state index in [1.54, 1.807) is 21.0 Å². The van der Waals surface area contributed by atoms with E-state index in [0.29, 0.717) is 12.1 Å². The molecule has 0 bridgehead atoms. The fourth-order valence-corrected chi connectivity index (χ4v) is 4.10. The molecular formula is C16H19N3O4S. The molecule has 0 fully saturated rings. The maximum Gasteiger partial charge on any atom is 0.245 e. The van der Waals surface area contributed by atoms with Crippen LogP contribution in [-0.4, -0.2) is 32.2 Å². The molecule has 0 saturated carbocycles. The summed E-state index contributed by atoms with van der Waals surface area (Å²) in [7, 11) is -2.02. The Bertz CT molecular complexity index is 953. The number of rotatable bonds is 6. The van der Waals surface area contributed by atoms with Gasteiger partial charge in [-0.25, -0.2) is 13.1 Å². The Balaban J connectivity index is 1.75. The molecule has 2 aromatic heterocycles. The Morgan fingerprint density at radius 3 is 2.79 bits per heavy atom. The molecule has 0 amide bonds. The van der Waals surface area contributed by atoms with E-state index in [1.165, 1.54) is 0 Å². The summed E-state index contributed by atoms with van der Waals surface area (Å²) in [5, 5.41) is 4.71. The van der Waals surface area contributed by atoms with E-state index in [2.05, 4.69) is 14.9 Å². The third kappa shape index (κ3) is 3.02. The number of nitrogens with one attached hydrogen (secondary N) is 2. The third-order valence-corrected chi connectivity index (χ3v) is 5.60. The largest absolute Gasteiger partial charge is 0.497 e. The predicted octanol–water partition coefficient (Wildman–Crippen LogP) is 2.30. The zero-order valence-corrected chi connectivity index (χ0v) is 14.5. The van der Waals surface area contributed by atoms with Gasteiger partial charge in [0.2, 0.25) is 10.0 Å². The number of methoxy groups -OCH3 is 1. The highest BCUT2D eigenvalue weighted by atomic mass is 32.2. The van der Waals surface area contributed by atoms with Gasteiger partial charge < -0.3 is 14.2 Å². The van der Waals surface area contributed by atoms with E-state index in [4.69, 9.17) is 9.26 Å². The first-order valence-corrected chi connectivity index (χ1v) is 8.97. The van der Waals surface area contributed by atoms with E-state index in [-0.39, 0.29) is 17.2 Å². The van der Waals surface area contributed by atoms with Crippen LogP contribution in [0.15, 0.2) is 33.8 Å². The number of aromatic amines is 1. The van der Waals surface area contributed by atoms with Crippen molar-refractivity contribution in [1.82, 2.24) is 14.9 Å². The molecule has 8 heteroatoms. The molecule has 7 nitrogen and oxygen atoms in total. The van der Waals surface area contributed by atoms with Crippen molar-refractivity contribution in [3.05, 3.63) is 41.4 Å². The monoisotopic (exact) mass is 349 g/mol. The van der Waals surface area contributed by atoms with E-state index >= 15 is 0 Å². The molecule has 0 aliphatic rings. The summed E-state index contributed by atoms with van der Waals surface area (Å²) in [5.41, 5.74) is 2.36. The van der Waals surface area contributed by atoms with Crippen molar-refractivity contribution in [2.45, 2.75) is 25.2 Å². The number of ether oxygens (including phenoxy) is 1. The Morgan fingerprint density at radius 1 is 1.33 bits per heavy atom. The molecule has 0 spiro atoms. The second-order valence-electron chi connectivity index (χ2n) is 5.53. The highest BCUT2D eigenvalue weighted by Gasteiger charge is 2.23. The molecule has 3 aromatic rings. The summed E-state index contributed by atoms with van der Waals surface area (Å²) in [6, 6.07) is 5.75. The molecular weight excluding hydrogens is 330 g/mol. The molecule has 0 radical (unpaired) electrons.